The molecule has 50 heavy (non-hydrogen) atoms. The van der Waals surface area contributed by atoms with Gasteiger partial charge in [-0.15, -0.1) is 0 Å². The van der Waals surface area contributed by atoms with Gasteiger partial charge in [-0.1, -0.05) is 11.5 Å². The molecule has 0 bridgehead atoms. The lowest BCUT2D eigenvalue weighted by molar-refractivity contribution is -0.499. The number of nitrogens with zero attached hydrogens (tertiary/aromatic N) is 3. The largest absolute Gasteiger partial charge is 0.480 e. The molecule has 2 rings (SSSR count). The number of carboxylic acid groups (broad SMARTS) is 3. The minimum absolute atomic E-state index is 0.00446. The minimum Gasteiger partial charge on any atom is -0.480 e. The average molecular weight is 737 g/mol. The number of urea groups is 2. The molecule has 2 saturated heterocycles. The van der Waals surface area contributed by atoms with Gasteiger partial charge in [0.15, 0.2) is 0 Å². The third-order valence-corrected chi connectivity index (χ3v) is 9.53. The third kappa shape index (κ3) is 16.6. The number of nitrogens with two attached hydrogens (primary N) is 1. The van der Waals surface area contributed by atoms with Crippen LogP contribution in [0.2, 0.25) is 0 Å². The summed E-state index contributed by atoms with van der Waals surface area (Å²) >= 11 is 1.82. The second kappa shape index (κ2) is 22.7. The molecule has 4 unspecified atom stereocenters. The fraction of sp³-hybridized carbons (Fsp3) is 0.750. The molecule has 22 heteroatoms. The van der Waals surface area contributed by atoms with E-state index in [4.69, 9.17) is 16.1 Å². The summed E-state index contributed by atoms with van der Waals surface area (Å²) in [5.74, 6) is -3.82. The van der Waals surface area contributed by atoms with Crippen molar-refractivity contribution < 1.29 is 64.1 Å². The van der Waals surface area contributed by atoms with Crippen LogP contribution in [0.5, 0.6) is 0 Å². The summed E-state index contributed by atoms with van der Waals surface area (Å²) in [5.41, 5.74) is 5.19. The van der Waals surface area contributed by atoms with Gasteiger partial charge in [0.1, 0.15) is 19.3 Å². The highest BCUT2D eigenvalue weighted by molar-refractivity contribution is 8.00. The monoisotopic (exact) mass is 736 g/mol. The first kappa shape index (κ1) is 42.2. The molecule has 0 aromatic rings. The zero-order chi connectivity index (χ0) is 37.1. The fourth-order valence-electron chi connectivity index (χ4n) is 5.48. The van der Waals surface area contributed by atoms with Gasteiger partial charge in [-0.3, -0.25) is 29.0 Å². The molecule has 6 amide bonds. The Morgan fingerprint density at radius 2 is 1.60 bits per heavy atom. The van der Waals surface area contributed by atoms with Gasteiger partial charge in [0.05, 0.1) is 25.2 Å². The predicted molar refractivity (Wildman–Crippen MR) is 174 cm³/mol. The van der Waals surface area contributed by atoms with E-state index in [9.17, 15) is 43.8 Å². The number of primary amides is 1. The minimum atomic E-state index is -1.30. The Morgan fingerprint density at radius 1 is 0.900 bits per heavy atom. The Kier molecular flexibility index (Phi) is 19.2. The van der Waals surface area contributed by atoms with Crippen LogP contribution in [0.15, 0.2) is 0 Å². The SMILES string of the molecule is NC(=O)N(CCN(CCN(CC(=O)O)CC(=O)NC(CCCCNC(=O)CCCCC1SCC2NC(=O)NC21)C(=O)O)COOO)CC(=O)O. The Hall–Kier alpha value is -3.96. The lowest BCUT2D eigenvalue weighted by Gasteiger charge is -2.28. The first-order valence-corrected chi connectivity index (χ1v) is 17.2. The van der Waals surface area contributed by atoms with Gasteiger partial charge < -0.3 is 47.2 Å². The van der Waals surface area contributed by atoms with Gasteiger partial charge in [-0.2, -0.15) is 16.6 Å². The van der Waals surface area contributed by atoms with Crippen molar-refractivity contribution in [2.75, 3.05) is 64.8 Å². The van der Waals surface area contributed by atoms with Crippen LogP contribution >= 0.6 is 11.8 Å². The standard InChI is InChI=1S/C28H48N8O13S/c29-27(45)36(15-24(41)42)12-11-34(17-48-49-47)9-10-35(14-23(39)40)13-22(38)31-18(26(43)44)5-3-4-8-30-21(37)7-2-1-6-20-25-19(16-50-20)32-28(46)33-25/h18-20,25,47H,1-17H2,(H2,29,45)(H,30,37)(H,31,38)(H,39,40)(H,41,42)(H,43,44)(H2,32,33,46). The van der Waals surface area contributed by atoms with E-state index in [1.165, 1.54) is 9.80 Å². The molecule has 0 aliphatic carbocycles. The number of amides is 6. The van der Waals surface area contributed by atoms with E-state index in [-0.39, 0.29) is 63.4 Å². The number of hydrogen-bond donors (Lipinski definition) is 9. The molecule has 0 aromatic heterocycles. The highest BCUT2D eigenvalue weighted by Gasteiger charge is 2.42. The molecule has 284 valence electrons. The van der Waals surface area contributed by atoms with Gasteiger partial charge in [-0.25, -0.2) is 19.6 Å². The van der Waals surface area contributed by atoms with Crippen molar-refractivity contribution in [2.45, 2.75) is 68.3 Å². The number of unbranched alkanes of at least 4 members (excludes halogenated alkanes) is 2. The molecule has 0 radical (unpaired) electrons. The van der Waals surface area contributed by atoms with Gasteiger partial charge in [0.2, 0.25) is 11.8 Å². The van der Waals surface area contributed by atoms with Crippen LogP contribution in [-0.2, 0) is 33.9 Å². The number of carboxylic acids is 3. The summed E-state index contributed by atoms with van der Waals surface area (Å²) in [6, 6.07) is -2.09. The quantitative estimate of drug-likeness (QED) is 0.0146. The molecular formula is C28H48N8O13S. The highest BCUT2D eigenvalue weighted by atomic mass is 32.2. The summed E-state index contributed by atoms with van der Waals surface area (Å²) in [7, 11) is 0. The molecule has 2 fully saturated rings. The van der Waals surface area contributed by atoms with Crippen LogP contribution in [0.25, 0.3) is 0 Å². The van der Waals surface area contributed by atoms with E-state index in [0.717, 1.165) is 23.5 Å². The van der Waals surface area contributed by atoms with Crippen LogP contribution < -0.4 is 27.0 Å². The van der Waals surface area contributed by atoms with Crippen molar-refractivity contribution in [1.82, 2.24) is 36.0 Å². The average Bonchev–Trinajstić information content (AvgIpc) is 3.59. The fourth-order valence-corrected chi connectivity index (χ4v) is 7.03. The van der Waals surface area contributed by atoms with E-state index in [1.807, 2.05) is 11.8 Å². The molecule has 0 saturated carbocycles. The smallest absolute Gasteiger partial charge is 0.326 e. The Labute approximate surface area is 292 Å². The van der Waals surface area contributed by atoms with Crippen molar-refractivity contribution in [3.8, 4) is 0 Å². The van der Waals surface area contributed by atoms with E-state index < -0.39 is 55.5 Å². The Balaban J connectivity index is 1.72. The first-order chi connectivity index (χ1) is 23.8. The molecule has 0 spiro atoms. The summed E-state index contributed by atoms with van der Waals surface area (Å²) in [5, 5.41) is 51.4. The summed E-state index contributed by atoms with van der Waals surface area (Å²) in [6.07, 6.45) is 3.73. The molecule has 4 atom stereocenters. The molecule has 2 heterocycles. The topological polar surface area (TPSA) is 303 Å². The number of fused-ring (bicyclic) bond motifs is 1. The molecule has 0 aromatic carbocycles. The molecule has 21 nitrogen and oxygen atoms in total. The third-order valence-electron chi connectivity index (χ3n) is 8.03. The number of carbonyl (C=O) groups is 7. The Morgan fingerprint density at radius 3 is 2.26 bits per heavy atom. The lowest BCUT2D eigenvalue weighted by atomic mass is 10.0. The van der Waals surface area contributed by atoms with Crippen molar-refractivity contribution in [3.63, 3.8) is 0 Å². The first-order valence-electron chi connectivity index (χ1n) is 16.1. The second-order valence-corrected chi connectivity index (χ2v) is 13.1. The Bertz CT molecular complexity index is 1170. The number of hydrogen-bond acceptors (Lipinski definition) is 13. The van der Waals surface area contributed by atoms with Gasteiger partial charge in [-0.05, 0) is 32.1 Å². The van der Waals surface area contributed by atoms with Crippen LogP contribution in [-0.4, -0.2) is 165 Å². The normalized spacial score (nSPS) is 18.6. The number of rotatable bonds is 27. The second-order valence-electron chi connectivity index (χ2n) is 11.9. The van der Waals surface area contributed by atoms with Crippen molar-refractivity contribution >= 4 is 53.5 Å². The van der Waals surface area contributed by atoms with Crippen LogP contribution in [0, 0.1) is 0 Å². The highest BCUT2D eigenvalue weighted by Crippen LogP contribution is 2.33. The van der Waals surface area contributed by atoms with E-state index in [0.29, 0.717) is 37.5 Å². The van der Waals surface area contributed by atoms with E-state index in [1.54, 1.807) is 0 Å². The van der Waals surface area contributed by atoms with Crippen LogP contribution in [0.4, 0.5) is 9.59 Å². The number of aliphatic carboxylic acids is 3. The summed E-state index contributed by atoms with van der Waals surface area (Å²) < 4.78 is 0. The van der Waals surface area contributed by atoms with Gasteiger partial charge in [0, 0.05) is 50.1 Å². The maximum absolute atomic E-state index is 12.7. The maximum Gasteiger partial charge on any atom is 0.326 e. The van der Waals surface area contributed by atoms with E-state index >= 15 is 0 Å². The van der Waals surface area contributed by atoms with Gasteiger partial charge in [0.25, 0.3) is 0 Å². The summed E-state index contributed by atoms with van der Waals surface area (Å²) in [4.78, 5) is 90.1. The van der Waals surface area contributed by atoms with Crippen molar-refractivity contribution in [2.24, 2.45) is 5.73 Å². The van der Waals surface area contributed by atoms with Crippen molar-refractivity contribution in [3.05, 3.63) is 0 Å². The molecule has 2 aliphatic heterocycles. The number of nitrogens with one attached hydrogen (secondary N) is 4. The molecular weight excluding hydrogens is 688 g/mol. The zero-order valence-electron chi connectivity index (χ0n) is 27.6. The van der Waals surface area contributed by atoms with Crippen LogP contribution in [0.1, 0.15) is 44.9 Å². The number of carbonyl (C=O) groups excluding carboxylic acids is 4. The maximum atomic E-state index is 12.7. The van der Waals surface area contributed by atoms with E-state index in [2.05, 4.69) is 31.2 Å². The van der Waals surface area contributed by atoms with Crippen LogP contribution in [0.3, 0.4) is 0 Å². The molecule has 10 N–H and O–H groups in total. The zero-order valence-corrected chi connectivity index (χ0v) is 28.4. The van der Waals surface area contributed by atoms with Gasteiger partial charge >= 0.3 is 30.0 Å². The van der Waals surface area contributed by atoms with Crippen molar-refractivity contribution in [1.29, 1.82) is 0 Å². The predicted octanol–water partition coefficient (Wildman–Crippen LogP) is -1.90. The number of thioether (sulfide) groups is 1. The summed E-state index contributed by atoms with van der Waals surface area (Å²) in [6.45, 7) is -2.06. The molecule has 2 aliphatic rings. The lowest BCUT2D eigenvalue weighted by Crippen LogP contribution is -2.49.